The molecule has 0 unspecified atom stereocenters. The van der Waals surface area contributed by atoms with Crippen LogP contribution in [0.5, 0.6) is 0 Å². The van der Waals surface area contributed by atoms with E-state index in [1.165, 1.54) is 7.11 Å². The van der Waals surface area contributed by atoms with Crippen molar-refractivity contribution in [3.05, 3.63) is 0 Å². The second-order valence-corrected chi connectivity index (χ2v) is 4.43. The van der Waals surface area contributed by atoms with Crippen molar-refractivity contribution in [3.63, 3.8) is 0 Å². The SMILES string of the molecule is COC(=O)C1(C23OCC(CO2)CO3)CC1. The van der Waals surface area contributed by atoms with E-state index in [-0.39, 0.29) is 5.97 Å². The topological polar surface area (TPSA) is 54.0 Å². The van der Waals surface area contributed by atoms with E-state index in [9.17, 15) is 4.79 Å². The first kappa shape index (κ1) is 9.57. The van der Waals surface area contributed by atoms with Crippen LogP contribution in [0.3, 0.4) is 0 Å². The summed E-state index contributed by atoms with van der Waals surface area (Å²) in [6.07, 6.45) is 1.43. The van der Waals surface area contributed by atoms with E-state index < -0.39 is 11.4 Å². The Morgan fingerprint density at radius 2 is 1.73 bits per heavy atom. The number of fused-ring (bicyclic) bond motifs is 3. The van der Waals surface area contributed by atoms with E-state index >= 15 is 0 Å². The van der Waals surface area contributed by atoms with Gasteiger partial charge >= 0.3 is 5.97 Å². The van der Waals surface area contributed by atoms with Gasteiger partial charge < -0.3 is 18.9 Å². The summed E-state index contributed by atoms with van der Waals surface area (Å²) < 4.78 is 21.5. The van der Waals surface area contributed by atoms with Crippen LogP contribution in [0.4, 0.5) is 0 Å². The van der Waals surface area contributed by atoms with Crippen LogP contribution < -0.4 is 0 Å². The maximum atomic E-state index is 11.7. The van der Waals surface area contributed by atoms with Gasteiger partial charge in [0, 0.05) is 5.92 Å². The van der Waals surface area contributed by atoms with Gasteiger partial charge in [-0.05, 0) is 12.8 Å². The van der Waals surface area contributed by atoms with E-state index in [0.29, 0.717) is 38.6 Å². The highest BCUT2D eigenvalue weighted by molar-refractivity contribution is 5.81. The van der Waals surface area contributed by atoms with Gasteiger partial charge in [-0.2, -0.15) is 0 Å². The van der Waals surface area contributed by atoms with Gasteiger partial charge in [-0.15, -0.1) is 0 Å². The molecule has 0 spiro atoms. The fraction of sp³-hybridized carbons (Fsp3) is 0.900. The summed E-state index contributed by atoms with van der Waals surface area (Å²) in [7, 11) is 1.38. The third-order valence-corrected chi connectivity index (χ3v) is 3.44. The van der Waals surface area contributed by atoms with Crippen molar-refractivity contribution >= 4 is 5.97 Å². The Morgan fingerprint density at radius 1 is 1.20 bits per heavy atom. The molecule has 3 aliphatic heterocycles. The van der Waals surface area contributed by atoms with E-state index in [4.69, 9.17) is 18.9 Å². The van der Waals surface area contributed by atoms with E-state index in [1.807, 2.05) is 0 Å². The average molecular weight is 214 g/mol. The Balaban J connectivity index is 1.88. The van der Waals surface area contributed by atoms with Crippen molar-refractivity contribution in [1.82, 2.24) is 0 Å². The molecule has 1 aliphatic carbocycles. The molecule has 3 saturated heterocycles. The maximum absolute atomic E-state index is 11.7. The molecule has 0 aromatic carbocycles. The quantitative estimate of drug-likeness (QED) is 0.618. The fourth-order valence-electron chi connectivity index (χ4n) is 2.32. The van der Waals surface area contributed by atoms with Crippen LogP contribution in [0, 0.1) is 11.3 Å². The van der Waals surface area contributed by atoms with Crippen LogP contribution in [0.1, 0.15) is 12.8 Å². The number of carbonyl (C=O) groups is 1. The molecule has 0 atom stereocenters. The van der Waals surface area contributed by atoms with Crippen LogP contribution in [-0.2, 0) is 23.7 Å². The van der Waals surface area contributed by atoms with Crippen molar-refractivity contribution in [2.45, 2.75) is 18.8 Å². The molecule has 0 aromatic rings. The van der Waals surface area contributed by atoms with Crippen molar-refractivity contribution < 1.29 is 23.7 Å². The minimum Gasteiger partial charge on any atom is -0.468 e. The van der Waals surface area contributed by atoms with Gasteiger partial charge in [0.15, 0.2) is 0 Å². The number of ether oxygens (including phenoxy) is 4. The van der Waals surface area contributed by atoms with Crippen LogP contribution in [-0.4, -0.2) is 38.9 Å². The highest BCUT2D eigenvalue weighted by Crippen LogP contribution is 2.59. The molecule has 2 bridgehead atoms. The lowest BCUT2D eigenvalue weighted by atomic mass is 10.00. The monoisotopic (exact) mass is 214 g/mol. The minimum absolute atomic E-state index is 0.289. The normalized spacial score (nSPS) is 41.3. The first-order chi connectivity index (χ1) is 7.22. The summed E-state index contributed by atoms with van der Waals surface area (Å²) in [6, 6.07) is 0. The molecule has 15 heavy (non-hydrogen) atoms. The summed E-state index contributed by atoms with van der Waals surface area (Å²) in [6.45, 7) is 1.83. The fourth-order valence-corrected chi connectivity index (χ4v) is 2.32. The molecule has 84 valence electrons. The number of rotatable bonds is 2. The second-order valence-electron chi connectivity index (χ2n) is 4.43. The zero-order chi connectivity index (χ0) is 10.5. The Morgan fingerprint density at radius 3 is 2.13 bits per heavy atom. The highest BCUT2D eigenvalue weighted by Gasteiger charge is 2.72. The summed E-state index contributed by atoms with van der Waals surface area (Å²) in [5.74, 6) is -1.14. The lowest BCUT2D eigenvalue weighted by Crippen LogP contribution is -2.61. The Bertz CT molecular complexity index is 274. The highest BCUT2D eigenvalue weighted by atomic mass is 16.9. The number of esters is 1. The van der Waals surface area contributed by atoms with Gasteiger partial charge in [0.05, 0.1) is 26.9 Å². The molecule has 0 amide bonds. The number of hydrogen-bond donors (Lipinski definition) is 0. The Labute approximate surface area is 87.6 Å². The van der Waals surface area contributed by atoms with Gasteiger partial charge in [0.2, 0.25) is 0 Å². The second kappa shape index (κ2) is 2.93. The van der Waals surface area contributed by atoms with Crippen molar-refractivity contribution in [1.29, 1.82) is 0 Å². The molecule has 4 fully saturated rings. The molecular weight excluding hydrogens is 200 g/mol. The van der Waals surface area contributed by atoms with Crippen LogP contribution >= 0.6 is 0 Å². The smallest absolute Gasteiger partial charge is 0.320 e. The molecule has 5 nitrogen and oxygen atoms in total. The maximum Gasteiger partial charge on any atom is 0.320 e. The first-order valence-corrected chi connectivity index (χ1v) is 5.23. The van der Waals surface area contributed by atoms with Gasteiger partial charge in [0.1, 0.15) is 5.41 Å². The number of methoxy groups -OCH3 is 1. The third-order valence-electron chi connectivity index (χ3n) is 3.44. The lowest BCUT2D eigenvalue weighted by Gasteiger charge is -2.48. The van der Waals surface area contributed by atoms with Crippen molar-refractivity contribution in [2.75, 3.05) is 26.9 Å². The molecule has 0 N–H and O–H groups in total. The standard InChI is InChI=1S/C10H14O5/c1-12-8(11)9(2-3-9)10-13-4-7(5-14-10)6-15-10/h7H,2-6H2,1H3. The van der Waals surface area contributed by atoms with E-state index in [2.05, 4.69) is 0 Å². The van der Waals surface area contributed by atoms with Gasteiger partial charge in [-0.1, -0.05) is 0 Å². The summed E-state index contributed by atoms with van der Waals surface area (Å²) in [5.41, 5.74) is -0.715. The Kier molecular flexibility index (Phi) is 1.87. The van der Waals surface area contributed by atoms with E-state index in [0.717, 1.165) is 0 Å². The van der Waals surface area contributed by atoms with Crippen molar-refractivity contribution in [2.24, 2.45) is 11.3 Å². The molecular formula is C10H14O5. The summed E-state index contributed by atoms with van der Waals surface area (Å²) >= 11 is 0. The molecule has 0 radical (unpaired) electrons. The van der Waals surface area contributed by atoms with Gasteiger partial charge in [-0.3, -0.25) is 4.79 Å². The molecule has 4 rings (SSSR count). The Hall–Kier alpha value is -0.650. The summed E-state index contributed by atoms with van der Waals surface area (Å²) in [4.78, 5) is 11.7. The molecule has 0 aromatic heterocycles. The number of hydrogen-bond acceptors (Lipinski definition) is 5. The van der Waals surface area contributed by atoms with Gasteiger partial charge in [-0.25, -0.2) is 0 Å². The van der Waals surface area contributed by atoms with Crippen LogP contribution in [0.25, 0.3) is 0 Å². The van der Waals surface area contributed by atoms with Crippen molar-refractivity contribution in [3.8, 4) is 0 Å². The molecule has 3 heterocycles. The van der Waals surface area contributed by atoms with Gasteiger partial charge in [0.25, 0.3) is 5.97 Å². The van der Waals surface area contributed by atoms with Crippen LogP contribution in [0.2, 0.25) is 0 Å². The van der Waals surface area contributed by atoms with E-state index in [1.54, 1.807) is 0 Å². The third kappa shape index (κ3) is 1.11. The van der Waals surface area contributed by atoms with Crippen LogP contribution in [0.15, 0.2) is 0 Å². The largest absolute Gasteiger partial charge is 0.468 e. The predicted molar refractivity (Wildman–Crippen MR) is 47.8 cm³/mol. The predicted octanol–water partition coefficient (Wildman–Crippen LogP) is 0.287. The zero-order valence-corrected chi connectivity index (χ0v) is 8.65. The number of carbonyl (C=O) groups excluding carboxylic acids is 1. The first-order valence-electron chi connectivity index (χ1n) is 5.23. The summed E-state index contributed by atoms with van der Waals surface area (Å²) in [5, 5.41) is 0. The molecule has 1 saturated carbocycles. The molecule has 5 heteroatoms. The average Bonchev–Trinajstić information content (AvgIpc) is 3.12. The lowest BCUT2D eigenvalue weighted by molar-refractivity contribution is -0.469. The molecule has 4 aliphatic rings. The minimum atomic E-state index is -1.16. The zero-order valence-electron chi connectivity index (χ0n) is 8.65.